The molecule has 1 aromatic carbocycles. The second kappa shape index (κ2) is 27.0. The number of nitrogens with one attached hydrogen (secondary N) is 8. The summed E-state index contributed by atoms with van der Waals surface area (Å²) in [5.41, 5.74) is 22.7. The number of likely N-dealkylation sites (tertiary alicyclic amines) is 1. The van der Waals surface area contributed by atoms with E-state index in [1.165, 1.54) is 24.3 Å². The highest BCUT2D eigenvalue weighted by molar-refractivity contribution is 6.00. The molecule has 0 bridgehead atoms. The van der Waals surface area contributed by atoms with Gasteiger partial charge in [0, 0.05) is 25.9 Å². The summed E-state index contributed by atoms with van der Waals surface area (Å²) in [6, 6.07) is -6.42. The van der Waals surface area contributed by atoms with E-state index in [2.05, 4.69) is 42.5 Å². The van der Waals surface area contributed by atoms with Gasteiger partial charge in [-0.25, -0.2) is 0 Å². The molecule has 0 radical (unpaired) electrons. The molecular formula is C44H67N13O13. The number of amides is 12. The maximum atomic E-state index is 14.5. The summed E-state index contributed by atoms with van der Waals surface area (Å²) in [4.78, 5) is 161. The third kappa shape index (κ3) is 17.9. The van der Waals surface area contributed by atoms with E-state index in [4.69, 9.17) is 22.9 Å². The van der Waals surface area contributed by atoms with Gasteiger partial charge in [0.25, 0.3) is 0 Å². The van der Waals surface area contributed by atoms with Gasteiger partial charge in [-0.05, 0) is 55.2 Å². The number of benzene rings is 1. The second-order valence-electron chi connectivity index (χ2n) is 17.8. The van der Waals surface area contributed by atoms with Crippen molar-refractivity contribution in [1.82, 2.24) is 47.4 Å². The molecule has 2 aliphatic rings. The average Bonchev–Trinajstić information content (AvgIpc) is 3.79. The van der Waals surface area contributed by atoms with Gasteiger partial charge in [0.2, 0.25) is 70.9 Å². The van der Waals surface area contributed by atoms with Gasteiger partial charge in [0.15, 0.2) is 0 Å². The molecule has 26 heteroatoms. The molecule has 9 atom stereocenters. The van der Waals surface area contributed by atoms with Crippen LogP contribution in [0, 0.1) is 11.8 Å². The number of nitrogens with two attached hydrogens (primary N) is 4. The van der Waals surface area contributed by atoms with Crippen molar-refractivity contribution in [1.29, 1.82) is 0 Å². The smallest absolute Gasteiger partial charge is 0.247 e. The molecule has 2 heterocycles. The van der Waals surface area contributed by atoms with Gasteiger partial charge in [0.1, 0.15) is 48.0 Å². The van der Waals surface area contributed by atoms with Crippen LogP contribution in [-0.2, 0) is 64.0 Å². The molecule has 386 valence electrons. The molecule has 12 amide bonds. The van der Waals surface area contributed by atoms with Crippen molar-refractivity contribution >= 4 is 70.9 Å². The minimum Gasteiger partial charge on any atom is -0.508 e. The van der Waals surface area contributed by atoms with E-state index in [9.17, 15) is 62.6 Å². The number of nitrogens with zero attached hydrogens (tertiary/aromatic N) is 1. The quantitative estimate of drug-likeness (QED) is 0.0693. The van der Waals surface area contributed by atoms with Crippen molar-refractivity contribution < 1.29 is 62.6 Å². The number of hydrogen-bond donors (Lipinski definition) is 13. The first-order valence-electron chi connectivity index (χ1n) is 23.0. The van der Waals surface area contributed by atoms with E-state index < -0.39 is 164 Å². The van der Waals surface area contributed by atoms with Crippen LogP contribution in [0.3, 0.4) is 0 Å². The van der Waals surface area contributed by atoms with Crippen molar-refractivity contribution in [2.75, 3.05) is 19.6 Å². The maximum absolute atomic E-state index is 14.5. The Labute approximate surface area is 404 Å². The molecule has 0 aliphatic carbocycles. The molecule has 0 unspecified atom stereocenters. The molecule has 2 aliphatic heterocycles. The number of carbonyl (C=O) groups is 12. The molecular weight excluding hydrogens is 919 g/mol. The van der Waals surface area contributed by atoms with Gasteiger partial charge >= 0.3 is 0 Å². The SMILES string of the molecule is CC[C@H](C)[C@@H]1NC(=O)[C@H](Cc2ccc(O)cc2)NC(=O)[C@@H](N)CC(=O)NC[C@@H](C(=O)N2CCC[C@H]2C(=O)N[C@@H](CC(C)C)C(=O)NCC(N)=O)NC(=O)[C@H](CC(N)=O)NC(=O)[C@H](CCC(N)=O)NC1=O. The zero-order valence-electron chi connectivity index (χ0n) is 39.7. The van der Waals surface area contributed by atoms with Gasteiger partial charge < -0.3 is 75.5 Å². The molecule has 70 heavy (non-hydrogen) atoms. The summed E-state index contributed by atoms with van der Waals surface area (Å²) in [7, 11) is 0. The Balaban J connectivity index is 2.09. The van der Waals surface area contributed by atoms with Gasteiger partial charge in [0.05, 0.1) is 25.4 Å². The van der Waals surface area contributed by atoms with Crippen LogP contribution in [-0.4, -0.2) is 149 Å². The first-order valence-corrected chi connectivity index (χ1v) is 23.0. The highest BCUT2D eigenvalue weighted by atomic mass is 16.3. The van der Waals surface area contributed by atoms with Crippen molar-refractivity contribution in [2.24, 2.45) is 34.8 Å². The number of carbonyl (C=O) groups excluding carboxylic acids is 12. The fourth-order valence-electron chi connectivity index (χ4n) is 7.64. The van der Waals surface area contributed by atoms with E-state index in [0.717, 1.165) is 4.90 Å². The Kier molecular flexibility index (Phi) is 21.9. The van der Waals surface area contributed by atoms with Crippen LogP contribution < -0.4 is 65.5 Å². The molecule has 0 saturated carbocycles. The lowest BCUT2D eigenvalue weighted by Gasteiger charge is -2.31. The lowest BCUT2D eigenvalue weighted by atomic mass is 9.96. The molecule has 0 spiro atoms. The number of rotatable bonds is 17. The molecule has 0 aromatic heterocycles. The summed E-state index contributed by atoms with van der Waals surface area (Å²) in [6.07, 6.45) is -1.92. The number of hydrogen-bond acceptors (Lipinski definition) is 14. The van der Waals surface area contributed by atoms with E-state index in [0.29, 0.717) is 12.0 Å². The lowest BCUT2D eigenvalue weighted by molar-refractivity contribution is -0.143. The predicted molar refractivity (Wildman–Crippen MR) is 247 cm³/mol. The molecule has 2 saturated heterocycles. The fraction of sp³-hybridized carbons (Fsp3) is 0.591. The van der Waals surface area contributed by atoms with Crippen LogP contribution >= 0.6 is 0 Å². The standard InChI is InChI=1S/C44H67N13O13/c1-5-22(4)36-43(69)51-26(12-13-32(46)59)39(65)53-29(18-33(47)60)40(66)55-30(44(70)57-14-6-7-31(57)42(68)54-27(15-21(2)3)38(64)50-20-34(48)61)19-49-35(62)17-25(45)37(63)52-28(41(67)56-36)16-23-8-10-24(58)11-9-23/h8-11,21-22,25-31,36,58H,5-7,12-20,45H2,1-4H3,(H2,46,59)(H2,47,60)(H2,48,61)(H,49,62)(H,50,64)(H,51,69)(H,52,63)(H,53,65)(H,54,68)(H,55,66)(H,56,67)/t22-,25-,26-,27-,28-,29-,30-,31-,36-/m0/s1. The summed E-state index contributed by atoms with van der Waals surface area (Å²) in [5, 5.41) is 29.6. The first-order chi connectivity index (χ1) is 32.9. The number of primary amides is 3. The molecule has 2 fully saturated rings. The van der Waals surface area contributed by atoms with Crippen LogP contribution in [0.2, 0.25) is 0 Å². The first kappa shape index (κ1) is 56.9. The third-order valence-corrected chi connectivity index (χ3v) is 11.6. The van der Waals surface area contributed by atoms with E-state index in [1.807, 2.05) is 0 Å². The fourth-order valence-corrected chi connectivity index (χ4v) is 7.64. The van der Waals surface area contributed by atoms with Crippen molar-refractivity contribution in [3.05, 3.63) is 29.8 Å². The van der Waals surface area contributed by atoms with Gasteiger partial charge in [-0.2, -0.15) is 0 Å². The van der Waals surface area contributed by atoms with Gasteiger partial charge in [-0.15, -0.1) is 0 Å². The van der Waals surface area contributed by atoms with Crippen molar-refractivity contribution in [3.8, 4) is 5.75 Å². The topological polar surface area (TPSA) is 429 Å². The summed E-state index contributed by atoms with van der Waals surface area (Å²) >= 11 is 0. The third-order valence-electron chi connectivity index (χ3n) is 11.6. The molecule has 26 nitrogen and oxygen atoms in total. The highest BCUT2D eigenvalue weighted by Gasteiger charge is 2.41. The van der Waals surface area contributed by atoms with Crippen LogP contribution in [0.4, 0.5) is 0 Å². The van der Waals surface area contributed by atoms with Gasteiger partial charge in [-0.3, -0.25) is 57.5 Å². The second-order valence-corrected chi connectivity index (χ2v) is 17.8. The minimum absolute atomic E-state index is 0.0514. The predicted octanol–water partition coefficient (Wildman–Crippen LogP) is -5.48. The normalized spacial score (nSPS) is 24.0. The molecule has 1 aromatic rings. The average molecular weight is 986 g/mol. The zero-order chi connectivity index (χ0) is 52.4. The van der Waals surface area contributed by atoms with Crippen molar-refractivity contribution in [2.45, 2.75) is 134 Å². The zero-order valence-corrected chi connectivity index (χ0v) is 39.7. The van der Waals surface area contributed by atoms with E-state index in [-0.39, 0.29) is 43.9 Å². The Morgan fingerprint density at radius 2 is 1.40 bits per heavy atom. The number of phenolic OH excluding ortho intramolecular Hbond substituents is 1. The number of aromatic hydroxyl groups is 1. The summed E-state index contributed by atoms with van der Waals surface area (Å²) in [5.74, 6) is -12.1. The Morgan fingerprint density at radius 1 is 0.786 bits per heavy atom. The molecule has 3 rings (SSSR count). The maximum Gasteiger partial charge on any atom is 0.247 e. The largest absolute Gasteiger partial charge is 0.508 e. The van der Waals surface area contributed by atoms with E-state index in [1.54, 1.807) is 27.7 Å². The minimum atomic E-state index is -1.86. The summed E-state index contributed by atoms with van der Waals surface area (Å²) < 4.78 is 0. The Hall–Kier alpha value is -7.38. The van der Waals surface area contributed by atoms with E-state index >= 15 is 0 Å². The number of phenols is 1. The van der Waals surface area contributed by atoms with Crippen LogP contribution in [0.1, 0.15) is 84.6 Å². The highest BCUT2D eigenvalue weighted by Crippen LogP contribution is 2.20. The van der Waals surface area contributed by atoms with Gasteiger partial charge in [-0.1, -0.05) is 46.2 Å². The van der Waals surface area contributed by atoms with Crippen LogP contribution in [0.25, 0.3) is 0 Å². The Morgan fingerprint density at radius 3 is 2.00 bits per heavy atom. The lowest BCUT2D eigenvalue weighted by Crippen LogP contribution is -2.62. The monoisotopic (exact) mass is 985 g/mol. The van der Waals surface area contributed by atoms with Crippen LogP contribution in [0.5, 0.6) is 5.75 Å². The van der Waals surface area contributed by atoms with Crippen LogP contribution in [0.15, 0.2) is 24.3 Å². The summed E-state index contributed by atoms with van der Waals surface area (Å²) in [6.45, 7) is 5.62. The van der Waals surface area contributed by atoms with Crippen molar-refractivity contribution in [3.63, 3.8) is 0 Å². The molecule has 17 N–H and O–H groups in total. The Bertz CT molecular complexity index is 2120.